The molecule has 6 nitrogen and oxygen atoms in total. The Labute approximate surface area is 147 Å². The van der Waals surface area contributed by atoms with Crippen LogP contribution >= 0.6 is 0 Å². The van der Waals surface area contributed by atoms with E-state index in [1.165, 1.54) is 5.56 Å². The van der Waals surface area contributed by atoms with Gasteiger partial charge in [0, 0.05) is 6.54 Å². The molecule has 1 N–H and O–H groups in total. The largest absolute Gasteiger partial charge is 0.497 e. The van der Waals surface area contributed by atoms with E-state index in [1.807, 2.05) is 42.5 Å². The maximum atomic E-state index is 5.22. The van der Waals surface area contributed by atoms with E-state index in [4.69, 9.17) is 4.74 Å². The lowest BCUT2D eigenvalue weighted by atomic mass is 9.97. The second-order valence-electron chi connectivity index (χ2n) is 6.14. The molecule has 130 valence electrons. The second-order valence-corrected chi connectivity index (χ2v) is 6.14. The van der Waals surface area contributed by atoms with Crippen LogP contribution in [0.5, 0.6) is 5.75 Å². The molecule has 0 aliphatic rings. The van der Waals surface area contributed by atoms with Crippen molar-refractivity contribution in [2.75, 3.05) is 7.11 Å². The maximum absolute atomic E-state index is 5.22. The molecule has 0 saturated carbocycles. The van der Waals surface area contributed by atoms with E-state index in [9.17, 15) is 0 Å². The summed E-state index contributed by atoms with van der Waals surface area (Å²) in [7, 11) is 1.65. The minimum Gasteiger partial charge on any atom is -0.497 e. The Balaban J connectivity index is 1.86. The van der Waals surface area contributed by atoms with Gasteiger partial charge < -0.3 is 10.1 Å². The number of nitrogens with zero attached hydrogens (tertiary/aromatic N) is 4. The lowest BCUT2D eigenvalue weighted by Gasteiger charge is -2.28. The van der Waals surface area contributed by atoms with Crippen molar-refractivity contribution < 1.29 is 4.74 Å². The third kappa shape index (κ3) is 3.69. The van der Waals surface area contributed by atoms with Crippen molar-refractivity contribution in [2.45, 2.75) is 32.4 Å². The molecule has 0 unspecified atom stereocenters. The quantitative estimate of drug-likeness (QED) is 0.718. The molecule has 25 heavy (non-hydrogen) atoms. The first-order chi connectivity index (χ1) is 12.2. The zero-order valence-electron chi connectivity index (χ0n) is 14.8. The summed E-state index contributed by atoms with van der Waals surface area (Å²) < 4.78 is 7.00. The van der Waals surface area contributed by atoms with Gasteiger partial charge in [0.15, 0.2) is 5.82 Å². The first-order valence-corrected chi connectivity index (χ1v) is 8.38. The molecule has 0 fully saturated rings. The fourth-order valence-electron chi connectivity index (χ4n) is 2.68. The summed E-state index contributed by atoms with van der Waals surface area (Å²) in [5.74, 6) is 1.59. The lowest BCUT2D eigenvalue weighted by Crippen LogP contribution is -2.41. The highest BCUT2D eigenvalue weighted by molar-refractivity contribution is 5.37. The summed E-state index contributed by atoms with van der Waals surface area (Å²) in [6.07, 6.45) is 0.858. The standard InChI is InChI=1S/C19H23N5O/c1-4-19(2,20-14-15-8-6-5-7-9-15)18-21-22-23-24(18)16-10-12-17(25-3)13-11-16/h5-13,20H,4,14H2,1-3H3/t19-/m0/s1. The Morgan fingerprint density at radius 3 is 2.44 bits per heavy atom. The summed E-state index contributed by atoms with van der Waals surface area (Å²) in [4.78, 5) is 0. The van der Waals surface area contributed by atoms with Crippen molar-refractivity contribution in [2.24, 2.45) is 0 Å². The molecule has 0 aliphatic carbocycles. The average Bonchev–Trinajstić information content (AvgIpc) is 3.17. The van der Waals surface area contributed by atoms with Crippen LogP contribution in [-0.2, 0) is 12.1 Å². The van der Waals surface area contributed by atoms with Gasteiger partial charge in [0.05, 0.1) is 18.3 Å². The summed E-state index contributed by atoms with van der Waals surface area (Å²) >= 11 is 0. The number of ether oxygens (including phenoxy) is 1. The van der Waals surface area contributed by atoms with Crippen molar-refractivity contribution >= 4 is 0 Å². The highest BCUT2D eigenvalue weighted by atomic mass is 16.5. The Bertz CT molecular complexity index is 800. The highest BCUT2D eigenvalue weighted by Gasteiger charge is 2.31. The summed E-state index contributed by atoms with van der Waals surface area (Å²) in [5.41, 5.74) is 1.78. The third-order valence-corrected chi connectivity index (χ3v) is 4.51. The van der Waals surface area contributed by atoms with Crippen molar-refractivity contribution in [1.82, 2.24) is 25.5 Å². The highest BCUT2D eigenvalue weighted by Crippen LogP contribution is 2.25. The van der Waals surface area contributed by atoms with E-state index in [-0.39, 0.29) is 5.54 Å². The molecule has 0 saturated heterocycles. The van der Waals surface area contributed by atoms with Crippen LogP contribution in [0.15, 0.2) is 54.6 Å². The summed E-state index contributed by atoms with van der Waals surface area (Å²) in [6.45, 7) is 5.01. The Morgan fingerprint density at radius 2 is 1.80 bits per heavy atom. The molecule has 1 heterocycles. The molecule has 0 radical (unpaired) electrons. The Kier molecular flexibility index (Phi) is 5.09. The van der Waals surface area contributed by atoms with Crippen LogP contribution in [0.25, 0.3) is 5.69 Å². The minimum absolute atomic E-state index is 0.348. The minimum atomic E-state index is -0.348. The molecule has 6 heteroatoms. The van der Waals surface area contributed by atoms with Crippen molar-refractivity contribution in [3.05, 3.63) is 66.0 Å². The lowest BCUT2D eigenvalue weighted by molar-refractivity contribution is 0.324. The van der Waals surface area contributed by atoms with Crippen LogP contribution in [0.1, 0.15) is 31.7 Å². The van der Waals surface area contributed by atoms with E-state index in [0.29, 0.717) is 0 Å². The fourth-order valence-corrected chi connectivity index (χ4v) is 2.68. The first-order valence-electron chi connectivity index (χ1n) is 8.38. The number of hydrogen-bond donors (Lipinski definition) is 1. The topological polar surface area (TPSA) is 64.9 Å². The molecule has 3 rings (SSSR count). The number of aromatic nitrogens is 4. The van der Waals surface area contributed by atoms with E-state index >= 15 is 0 Å². The van der Waals surface area contributed by atoms with Gasteiger partial charge in [-0.25, -0.2) is 0 Å². The van der Waals surface area contributed by atoms with E-state index in [2.05, 4.69) is 46.8 Å². The van der Waals surface area contributed by atoms with Gasteiger partial charge in [0.2, 0.25) is 0 Å². The fraction of sp³-hybridized carbons (Fsp3) is 0.316. The number of tetrazole rings is 1. The monoisotopic (exact) mass is 337 g/mol. The van der Waals surface area contributed by atoms with Gasteiger partial charge in [-0.1, -0.05) is 37.3 Å². The predicted molar refractivity (Wildman–Crippen MR) is 96.6 cm³/mol. The molecular weight excluding hydrogens is 314 g/mol. The average molecular weight is 337 g/mol. The first kappa shape index (κ1) is 17.1. The molecule has 1 aromatic heterocycles. The number of benzene rings is 2. The van der Waals surface area contributed by atoms with Crippen molar-refractivity contribution in [1.29, 1.82) is 0 Å². The molecule has 1 atom stereocenters. The van der Waals surface area contributed by atoms with Gasteiger partial charge in [-0.3, -0.25) is 0 Å². The van der Waals surface area contributed by atoms with Crippen LogP contribution in [0.3, 0.4) is 0 Å². The number of rotatable bonds is 7. The molecule has 0 amide bonds. The van der Waals surface area contributed by atoms with Gasteiger partial charge >= 0.3 is 0 Å². The van der Waals surface area contributed by atoms with Crippen LogP contribution in [-0.4, -0.2) is 27.3 Å². The van der Waals surface area contributed by atoms with Crippen molar-refractivity contribution in [3.8, 4) is 11.4 Å². The Morgan fingerprint density at radius 1 is 1.08 bits per heavy atom. The zero-order valence-corrected chi connectivity index (χ0v) is 14.8. The van der Waals surface area contributed by atoms with Crippen LogP contribution < -0.4 is 10.1 Å². The van der Waals surface area contributed by atoms with Gasteiger partial charge in [0.1, 0.15) is 5.75 Å². The normalized spacial score (nSPS) is 13.4. The molecular formula is C19H23N5O. The smallest absolute Gasteiger partial charge is 0.176 e. The molecule has 0 spiro atoms. The number of nitrogens with one attached hydrogen (secondary N) is 1. The Hall–Kier alpha value is -2.73. The van der Waals surface area contributed by atoms with Crippen molar-refractivity contribution in [3.63, 3.8) is 0 Å². The predicted octanol–water partition coefficient (Wildman–Crippen LogP) is 3.09. The van der Waals surface area contributed by atoms with E-state index < -0.39 is 0 Å². The number of hydrogen-bond acceptors (Lipinski definition) is 5. The van der Waals surface area contributed by atoms with E-state index in [0.717, 1.165) is 30.2 Å². The third-order valence-electron chi connectivity index (χ3n) is 4.51. The zero-order chi connectivity index (χ0) is 17.7. The molecule has 2 aromatic carbocycles. The SMILES string of the molecule is CC[C@](C)(NCc1ccccc1)c1nnnn1-c1ccc(OC)cc1. The summed E-state index contributed by atoms with van der Waals surface area (Å²) in [6, 6.07) is 18.0. The van der Waals surface area contributed by atoms with Gasteiger partial charge in [-0.2, -0.15) is 4.68 Å². The molecule has 0 aliphatic heterocycles. The van der Waals surface area contributed by atoms with Crippen LogP contribution in [0, 0.1) is 0 Å². The van der Waals surface area contributed by atoms with E-state index in [1.54, 1.807) is 11.8 Å². The van der Waals surface area contributed by atoms with Gasteiger partial charge in [0.25, 0.3) is 0 Å². The maximum Gasteiger partial charge on any atom is 0.176 e. The molecule has 3 aromatic rings. The summed E-state index contributed by atoms with van der Waals surface area (Å²) in [5, 5.41) is 16.0. The van der Waals surface area contributed by atoms with Crippen LogP contribution in [0.4, 0.5) is 0 Å². The number of methoxy groups -OCH3 is 1. The van der Waals surface area contributed by atoms with Gasteiger partial charge in [-0.15, -0.1) is 5.10 Å². The van der Waals surface area contributed by atoms with Gasteiger partial charge in [-0.05, 0) is 53.6 Å². The molecule has 0 bridgehead atoms. The van der Waals surface area contributed by atoms with Crippen LogP contribution in [0.2, 0.25) is 0 Å². The second kappa shape index (κ2) is 7.44.